The average molecular weight is 187 g/mol. The van der Waals surface area contributed by atoms with Crippen LogP contribution in [0.15, 0.2) is 18.5 Å². The SMILES string of the molecule is O=C(c1ncccn1)N(S)S. The van der Waals surface area contributed by atoms with E-state index in [1.807, 2.05) is 0 Å². The van der Waals surface area contributed by atoms with Gasteiger partial charge in [0.1, 0.15) is 0 Å². The summed E-state index contributed by atoms with van der Waals surface area (Å²) < 4.78 is 0.829. The van der Waals surface area contributed by atoms with Crippen LogP contribution in [-0.2, 0) is 0 Å². The van der Waals surface area contributed by atoms with Gasteiger partial charge in [0, 0.05) is 12.4 Å². The number of amides is 1. The van der Waals surface area contributed by atoms with Gasteiger partial charge < -0.3 is 0 Å². The Labute approximate surface area is 74.7 Å². The van der Waals surface area contributed by atoms with Gasteiger partial charge in [-0.15, -0.1) is 0 Å². The van der Waals surface area contributed by atoms with E-state index in [1.54, 1.807) is 6.07 Å². The molecule has 0 fully saturated rings. The molecule has 1 aromatic heterocycles. The Bertz CT molecular complexity index is 251. The molecule has 0 saturated carbocycles. The number of hydrogen-bond donors (Lipinski definition) is 2. The van der Waals surface area contributed by atoms with Crippen molar-refractivity contribution in [3.8, 4) is 0 Å². The van der Waals surface area contributed by atoms with Crippen LogP contribution in [0.4, 0.5) is 0 Å². The summed E-state index contributed by atoms with van der Waals surface area (Å²) in [6.07, 6.45) is 2.95. The highest BCUT2D eigenvalue weighted by Crippen LogP contribution is 2.02. The minimum atomic E-state index is -0.447. The number of hydrogen-bond acceptors (Lipinski definition) is 5. The predicted octanol–water partition coefficient (Wildman–Crippen LogP) is 0.608. The summed E-state index contributed by atoms with van der Waals surface area (Å²) in [6.45, 7) is 0. The van der Waals surface area contributed by atoms with E-state index in [-0.39, 0.29) is 5.82 Å². The first-order valence-electron chi connectivity index (χ1n) is 2.71. The van der Waals surface area contributed by atoms with Crippen molar-refractivity contribution >= 4 is 31.5 Å². The van der Waals surface area contributed by atoms with E-state index in [1.165, 1.54) is 12.4 Å². The van der Waals surface area contributed by atoms with Crippen LogP contribution in [0.1, 0.15) is 10.6 Å². The second-order valence-corrected chi connectivity index (χ2v) is 2.78. The zero-order valence-electron chi connectivity index (χ0n) is 5.38. The van der Waals surface area contributed by atoms with Crippen molar-refractivity contribution in [2.24, 2.45) is 0 Å². The Hall–Kier alpha value is -0.750. The molecule has 4 nitrogen and oxygen atoms in total. The maximum absolute atomic E-state index is 11.0. The lowest BCUT2D eigenvalue weighted by molar-refractivity contribution is 0.0925. The summed E-state index contributed by atoms with van der Waals surface area (Å²) in [4.78, 5) is 18.4. The van der Waals surface area contributed by atoms with Gasteiger partial charge in [-0.3, -0.25) is 4.79 Å². The van der Waals surface area contributed by atoms with Crippen LogP contribution in [0, 0.1) is 0 Å². The number of carbonyl (C=O) groups is 1. The smallest absolute Gasteiger partial charge is 0.263 e. The third-order valence-corrected chi connectivity index (χ3v) is 1.30. The molecule has 1 amide bonds. The lowest BCUT2D eigenvalue weighted by Crippen LogP contribution is -2.14. The minimum absolute atomic E-state index is 0.0810. The van der Waals surface area contributed by atoms with E-state index < -0.39 is 5.91 Å². The summed E-state index contributed by atoms with van der Waals surface area (Å²) in [5, 5.41) is 0. The molecule has 1 heterocycles. The number of aromatic nitrogens is 2. The van der Waals surface area contributed by atoms with Crippen molar-refractivity contribution < 1.29 is 4.79 Å². The monoisotopic (exact) mass is 187 g/mol. The fourth-order valence-electron chi connectivity index (χ4n) is 0.499. The van der Waals surface area contributed by atoms with Crippen LogP contribution >= 0.6 is 25.6 Å². The standard InChI is InChI=1S/C5H5N3OS2/c9-5(8(10)11)4-6-2-1-3-7-4/h1-3,10-11H. The number of thiol groups is 2. The summed E-state index contributed by atoms with van der Waals surface area (Å²) in [6, 6.07) is 1.62. The molecule has 1 aromatic rings. The van der Waals surface area contributed by atoms with Gasteiger partial charge in [-0.05, 0) is 6.07 Å². The predicted molar refractivity (Wildman–Crippen MR) is 46.2 cm³/mol. The molecule has 0 bridgehead atoms. The molecule has 0 radical (unpaired) electrons. The van der Waals surface area contributed by atoms with Gasteiger partial charge in [-0.2, -0.15) is 0 Å². The van der Waals surface area contributed by atoms with Crippen LogP contribution in [0.3, 0.4) is 0 Å². The van der Waals surface area contributed by atoms with Gasteiger partial charge in [0.05, 0.1) is 0 Å². The second-order valence-electron chi connectivity index (χ2n) is 1.67. The van der Waals surface area contributed by atoms with E-state index in [0.29, 0.717) is 0 Å². The molecule has 0 aliphatic heterocycles. The summed E-state index contributed by atoms with van der Waals surface area (Å²) >= 11 is 7.34. The highest BCUT2D eigenvalue weighted by Gasteiger charge is 2.10. The Morgan fingerprint density at radius 2 is 1.91 bits per heavy atom. The van der Waals surface area contributed by atoms with Gasteiger partial charge in [0.2, 0.25) is 5.82 Å². The molecule has 0 saturated heterocycles. The lowest BCUT2D eigenvalue weighted by atomic mass is 10.5. The average Bonchev–Trinajstić information content (AvgIpc) is 2.05. The third-order valence-electron chi connectivity index (χ3n) is 0.939. The fraction of sp³-hybridized carbons (Fsp3) is 0. The molecular weight excluding hydrogens is 182 g/mol. The Kier molecular flexibility index (Phi) is 2.72. The normalized spacial score (nSPS) is 9.27. The van der Waals surface area contributed by atoms with Gasteiger partial charge in [0.25, 0.3) is 0 Å². The summed E-state index contributed by atoms with van der Waals surface area (Å²) in [5.41, 5.74) is 0. The minimum Gasteiger partial charge on any atom is -0.263 e. The van der Waals surface area contributed by atoms with Crippen molar-refractivity contribution in [1.29, 1.82) is 0 Å². The Balaban J connectivity index is 2.86. The zero-order chi connectivity index (χ0) is 8.27. The van der Waals surface area contributed by atoms with Crippen molar-refractivity contribution in [3.05, 3.63) is 24.3 Å². The van der Waals surface area contributed by atoms with Crippen LogP contribution in [-0.4, -0.2) is 19.6 Å². The van der Waals surface area contributed by atoms with Crippen LogP contribution in [0.5, 0.6) is 0 Å². The maximum Gasteiger partial charge on any atom is 0.311 e. The molecule has 0 unspecified atom stereocenters. The molecule has 1 rings (SSSR count). The molecule has 6 heteroatoms. The zero-order valence-corrected chi connectivity index (χ0v) is 7.17. The summed E-state index contributed by atoms with van der Waals surface area (Å²) in [7, 11) is 0. The van der Waals surface area contributed by atoms with Crippen molar-refractivity contribution in [3.63, 3.8) is 0 Å². The van der Waals surface area contributed by atoms with E-state index in [2.05, 4.69) is 35.6 Å². The number of nitrogens with zero attached hydrogens (tertiary/aromatic N) is 3. The molecule has 0 aliphatic carbocycles. The molecular formula is C5H5N3OS2. The van der Waals surface area contributed by atoms with E-state index >= 15 is 0 Å². The van der Waals surface area contributed by atoms with Gasteiger partial charge in [-0.25, -0.2) is 13.7 Å². The van der Waals surface area contributed by atoms with E-state index in [4.69, 9.17) is 0 Å². The molecule has 0 aliphatic rings. The van der Waals surface area contributed by atoms with Crippen LogP contribution in [0.25, 0.3) is 0 Å². The first kappa shape index (κ1) is 8.35. The van der Waals surface area contributed by atoms with Crippen LogP contribution in [0.2, 0.25) is 0 Å². The topological polar surface area (TPSA) is 46.1 Å². The first-order valence-corrected chi connectivity index (χ1v) is 3.51. The van der Waals surface area contributed by atoms with E-state index in [0.717, 1.165) is 3.71 Å². The maximum atomic E-state index is 11.0. The Morgan fingerprint density at radius 3 is 2.36 bits per heavy atom. The summed E-state index contributed by atoms with van der Waals surface area (Å²) in [5.74, 6) is -0.366. The van der Waals surface area contributed by atoms with Crippen LogP contribution < -0.4 is 0 Å². The Morgan fingerprint density at radius 1 is 1.36 bits per heavy atom. The molecule has 0 spiro atoms. The van der Waals surface area contributed by atoms with Gasteiger partial charge in [0.15, 0.2) is 0 Å². The fourth-order valence-corrected chi connectivity index (χ4v) is 0.678. The van der Waals surface area contributed by atoms with Crippen molar-refractivity contribution in [2.75, 3.05) is 0 Å². The third kappa shape index (κ3) is 2.09. The van der Waals surface area contributed by atoms with Crippen molar-refractivity contribution in [1.82, 2.24) is 13.7 Å². The highest BCUT2D eigenvalue weighted by atomic mass is 32.2. The molecule has 11 heavy (non-hydrogen) atoms. The molecule has 58 valence electrons. The lowest BCUT2D eigenvalue weighted by Gasteiger charge is -2.03. The van der Waals surface area contributed by atoms with Crippen molar-refractivity contribution in [2.45, 2.75) is 0 Å². The molecule has 0 atom stereocenters. The van der Waals surface area contributed by atoms with Gasteiger partial charge >= 0.3 is 5.91 Å². The quantitative estimate of drug-likeness (QED) is 0.633. The highest BCUT2D eigenvalue weighted by molar-refractivity contribution is 7.94. The van der Waals surface area contributed by atoms with E-state index in [9.17, 15) is 4.79 Å². The number of carbonyl (C=O) groups excluding carboxylic acids is 1. The first-order chi connectivity index (χ1) is 5.22. The largest absolute Gasteiger partial charge is 0.311 e. The van der Waals surface area contributed by atoms with Gasteiger partial charge in [-0.1, -0.05) is 25.6 Å². The second kappa shape index (κ2) is 3.59. The molecule has 0 aromatic carbocycles. The molecule has 0 N–H and O–H groups in total. The number of rotatable bonds is 1.